The Morgan fingerprint density at radius 3 is 1.64 bits per heavy atom. The first kappa shape index (κ1) is 31.3. The third kappa shape index (κ3) is 15.7. The van der Waals surface area contributed by atoms with Crippen LogP contribution in [0.15, 0.2) is 0 Å². The number of hydrogen-bond donors (Lipinski definition) is 5. The van der Waals surface area contributed by atoms with Crippen molar-refractivity contribution in [3.8, 4) is 0 Å². The first-order valence-corrected chi connectivity index (χ1v) is 12.9. The highest BCUT2D eigenvalue weighted by Gasteiger charge is 2.33. The zero-order chi connectivity index (χ0) is 25.1. The minimum absolute atomic E-state index is 0.234. The van der Waals surface area contributed by atoms with E-state index < -0.39 is 36.2 Å². The van der Waals surface area contributed by atoms with Crippen LogP contribution in [-0.4, -0.2) is 57.4 Å². The fourth-order valence-electron chi connectivity index (χ4n) is 3.75. The number of carbonyl (C=O) groups excluding carboxylic acids is 2. The Bertz CT molecular complexity index is 541. The molecule has 0 fully saturated rings. The standard InChI is InChI=1S/C25H48N2O6/c1-4-6-8-9-10-11-12-13-14-15-16-18-21(30)26-22(19(3)28)24(31)27-23(25(32)33)20(29)17-7-5-2/h19-20,22-23,28-29H,4-18H2,1-3H3,(H,26,30)(H,27,31)(H,32,33). The minimum Gasteiger partial charge on any atom is -0.480 e. The van der Waals surface area contributed by atoms with Gasteiger partial charge in [-0.15, -0.1) is 0 Å². The molecule has 194 valence electrons. The molecular weight excluding hydrogens is 424 g/mol. The van der Waals surface area contributed by atoms with Crippen LogP contribution in [0.3, 0.4) is 0 Å². The van der Waals surface area contributed by atoms with Crippen molar-refractivity contribution in [2.24, 2.45) is 0 Å². The largest absolute Gasteiger partial charge is 0.480 e. The van der Waals surface area contributed by atoms with Gasteiger partial charge in [0.05, 0.1) is 12.2 Å². The second kappa shape index (κ2) is 19.8. The topological polar surface area (TPSA) is 136 Å². The molecular formula is C25H48N2O6. The molecule has 5 N–H and O–H groups in total. The van der Waals surface area contributed by atoms with Crippen LogP contribution < -0.4 is 10.6 Å². The number of amides is 2. The molecule has 0 radical (unpaired) electrons. The number of carbonyl (C=O) groups is 3. The average molecular weight is 473 g/mol. The van der Waals surface area contributed by atoms with E-state index in [1.165, 1.54) is 51.9 Å². The van der Waals surface area contributed by atoms with E-state index >= 15 is 0 Å². The maximum absolute atomic E-state index is 12.5. The van der Waals surface area contributed by atoms with Crippen LogP contribution in [0.4, 0.5) is 0 Å². The van der Waals surface area contributed by atoms with Gasteiger partial charge in [-0.1, -0.05) is 90.9 Å². The Labute approximate surface area is 199 Å². The fraction of sp³-hybridized carbons (Fsp3) is 0.880. The lowest BCUT2D eigenvalue weighted by Crippen LogP contribution is -2.58. The summed E-state index contributed by atoms with van der Waals surface area (Å²) in [6.07, 6.45) is 12.3. The number of aliphatic hydroxyl groups excluding tert-OH is 2. The molecule has 0 spiro atoms. The van der Waals surface area contributed by atoms with Crippen molar-refractivity contribution in [3.05, 3.63) is 0 Å². The van der Waals surface area contributed by atoms with E-state index in [1.807, 2.05) is 6.92 Å². The molecule has 0 aliphatic heterocycles. The molecule has 33 heavy (non-hydrogen) atoms. The van der Waals surface area contributed by atoms with E-state index in [-0.39, 0.29) is 18.7 Å². The fourth-order valence-corrected chi connectivity index (χ4v) is 3.75. The van der Waals surface area contributed by atoms with Crippen molar-refractivity contribution in [1.29, 1.82) is 0 Å². The predicted molar refractivity (Wildman–Crippen MR) is 130 cm³/mol. The molecule has 0 aromatic rings. The highest BCUT2D eigenvalue weighted by atomic mass is 16.4. The Morgan fingerprint density at radius 1 is 0.697 bits per heavy atom. The van der Waals surface area contributed by atoms with E-state index in [0.717, 1.165) is 25.7 Å². The van der Waals surface area contributed by atoms with Gasteiger partial charge in [0.1, 0.15) is 6.04 Å². The van der Waals surface area contributed by atoms with Gasteiger partial charge in [-0.05, 0) is 19.8 Å². The summed E-state index contributed by atoms with van der Waals surface area (Å²) in [6, 6.07) is -2.76. The van der Waals surface area contributed by atoms with Gasteiger partial charge in [0.25, 0.3) is 0 Å². The molecule has 0 saturated carbocycles. The molecule has 8 nitrogen and oxygen atoms in total. The molecule has 2 amide bonds. The van der Waals surface area contributed by atoms with Gasteiger partial charge >= 0.3 is 5.97 Å². The van der Waals surface area contributed by atoms with Crippen LogP contribution in [0.2, 0.25) is 0 Å². The van der Waals surface area contributed by atoms with Crippen molar-refractivity contribution >= 4 is 17.8 Å². The monoisotopic (exact) mass is 472 g/mol. The van der Waals surface area contributed by atoms with Crippen LogP contribution >= 0.6 is 0 Å². The molecule has 0 rings (SSSR count). The van der Waals surface area contributed by atoms with E-state index in [0.29, 0.717) is 12.8 Å². The number of carboxylic acids is 1. The zero-order valence-electron chi connectivity index (χ0n) is 21.0. The number of rotatable bonds is 21. The second-order valence-corrected chi connectivity index (χ2v) is 9.11. The smallest absolute Gasteiger partial charge is 0.328 e. The minimum atomic E-state index is -1.49. The maximum Gasteiger partial charge on any atom is 0.328 e. The number of unbranched alkanes of at least 4 members (excludes halogenated alkanes) is 11. The lowest BCUT2D eigenvalue weighted by molar-refractivity contribution is -0.146. The molecule has 0 heterocycles. The van der Waals surface area contributed by atoms with Crippen molar-refractivity contribution in [2.75, 3.05) is 0 Å². The van der Waals surface area contributed by atoms with E-state index in [9.17, 15) is 29.7 Å². The Balaban J connectivity index is 4.29. The summed E-state index contributed by atoms with van der Waals surface area (Å²) >= 11 is 0. The summed E-state index contributed by atoms with van der Waals surface area (Å²) in [7, 11) is 0. The van der Waals surface area contributed by atoms with Crippen LogP contribution in [0, 0.1) is 0 Å². The number of aliphatic hydroxyl groups is 2. The van der Waals surface area contributed by atoms with Gasteiger partial charge in [0.2, 0.25) is 11.8 Å². The van der Waals surface area contributed by atoms with Gasteiger partial charge in [-0.2, -0.15) is 0 Å². The molecule has 8 heteroatoms. The lowest BCUT2D eigenvalue weighted by Gasteiger charge is -2.25. The normalized spacial score (nSPS) is 14.8. The first-order valence-electron chi connectivity index (χ1n) is 12.9. The second-order valence-electron chi connectivity index (χ2n) is 9.11. The van der Waals surface area contributed by atoms with E-state index in [1.54, 1.807) is 0 Å². The van der Waals surface area contributed by atoms with Gasteiger partial charge in [-0.25, -0.2) is 4.79 Å². The third-order valence-electron chi connectivity index (χ3n) is 5.89. The Kier molecular flexibility index (Phi) is 18.8. The maximum atomic E-state index is 12.5. The average Bonchev–Trinajstić information content (AvgIpc) is 2.77. The number of nitrogens with one attached hydrogen (secondary N) is 2. The molecule has 4 atom stereocenters. The lowest BCUT2D eigenvalue weighted by atomic mass is 10.0. The van der Waals surface area contributed by atoms with Crippen molar-refractivity contribution < 1.29 is 29.7 Å². The van der Waals surface area contributed by atoms with Crippen LogP contribution in [0.1, 0.15) is 117 Å². The quantitative estimate of drug-likeness (QED) is 0.162. The SMILES string of the molecule is CCCCCCCCCCCCCC(=O)NC(C(=O)NC(C(=O)O)C(O)CCCC)C(C)O. The highest BCUT2D eigenvalue weighted by molar-refractivity contribution is 5.91. The Hall–Kier alpha value is -1.67. The third-order valence-corrected chi connectivity index (χ3v) is 5.89. The molecule has 0 aromatic heterocycles. The predicted octanol–water partition coefficient (Wildman–Crippen LogP) is 3.67. The van der Waals surface area contributed by atoms with E-state index in [4.69, 9.17) is 0 Å². The van der Waals surface area contributed by atoms with Gasteiger partial charge in [-0.3, -0.25) is 9.59 Å². The van der Waals surface area contributed by atoms with Crippen LogP contribution in [0.25, 0.3) is 0 Å². The molecule has 0 aliphatic carbocycles. The first-order chi connectivity index (χ1) is 15.7. The van der Waals surface area contributed by atoms with Gasteiger partial charge in [0, 0.05) is 6.42 Å². The molecule has 0 saturated heterocycles. The van der Waals surface area contributed by atoms with Gasteiger partial charge in [0.15, 0.2) is 6.04 Å². The number of aliphatic carboxylic acids is 1. The molecule has 0 aromatic carbocycles. The molecule has 0 bridgehead atoms. The van der Waals surface area contributed by atoms with Crippen LogP contribution in [-0.2, 0) is 14.4 Å². The van der Waals surface area contributed by atoms with Crippen molar-refractivity contribution in [1.82, 2.24) is 10.6 Å². The summed E-state index contributed by atoms with van der Waals surface area (Å²) in [6.45, 7) is 5.49. The van der Waals surface area contributed by atoms with Crippen LogP contribution in [0.5, 0.6) is 0 Å². The van der Waals surface area contributed by atoms with E-state index in [2.05, 4.69) is 17.6 Å². The summed E-state index contributed by atoms with van der Waals surface area (Å²) in [5.41, 5.74) is 0. The van der Waals surface area contributed by atoms with Gasteiger partial charge < -0.3 is 26.0 Å². The highest BCUT2D eigenvalue weighted by Crippen LogP contribution is 2.12. The van der Waals surface area contributed by atoms with Crippen molar-refractivity contribution in [3.63, 3.8) is 0 Å². The van der Waals surface area contributed by atoms with Crippen molar-refractivity contribution in [2.45, 2.75) is 141 Å². The number of carboxylic acid groups (broad SMARTS) is 1. The Morgan fingerprint density at radius 2 is 1.18 bits per heavy atom. The summed E-state index contributed by atoms with van der Waals surface area (Å²) < 4.78 is 0. The zero-order valence-corrected chi connectivity index (χ0v) is 21.0. The summed E-state index contributed by atoms with van der Waals surface area (Å²) in [4.78, 5) is 36.2. The summed E-state index contributed by atoms with van der Waals surface area (Å²) in [5.74, 6) is -2.53. The molecule has 0 aliphatic rings. The summed E-state index contributed by atoms with van der Waals surface area (Å²) in [5, 5.41) is 34.1. The molecule has 4 unspecified atom stereocenters. The number of hydrogen-bond acceptors (Lipinski definition) is 5.